The van der Waals surface area contributed by atoms with Crippen molar-refractivity contribution >= 4 is 39.7 Å². The van der Waals surface area contributed by atoms with Crippen LogP contribution in [0.4, 0.5) is 0 Å². The first kappa shape index (κ1) is 18.5. The van der Waals surface area contributed by atoms with Crippen LogP contribution in [0.15, 0.2) is 54.9 Å². The number of nitrogens with zero attached hydrogens (tertiary/aromatic N) is 3. The summed E-state index contributed by atoms with van der Waals surface area (Å²) in [6, 6.07) is 13.3. The molecule has 2 unspecified atom stereocenters. The molecule has 1 aliphatic heterocycles. The van der Waals surface area contributed by atoms with Gasteiger partial charge in [0.25, 0.3) is 11.5 Å². The molecule has 0 radical (unpaired) electrons. The third kappa shape index (κ3) is 3.49. The summed E-state index contributed by atoms with van der Waals surface area (Å²) in [5.41, 5.74) is 1.59. The topological polar surface area (TPSA) is 66.5 Å². The molecule has 0 amide bonds. The van der Waals surface area contributed by atoms with Crippen LogP contribution in [0.3, 0.4) is 0 Å². The zero-order valence-corrected chi connectivity index (χ0v) is 17.4. The first-order valence-corrected chi connectivity index (χ1v) is 10.4. The third-order valence-electron chi connectivity index (χ3n) is 4.47. The monoisotopic (exact) mass is 494 g/mol. The number of hydrogen-bond acceptors (Lipinski definition) is 6. The van der Waals surface area contributed by atoms with Gasteiger partial charge in [-0.3, -0.25) is 4.79 Å². The van der Waals surface area contributed by atoms with E-state index in [9.17, 15) is 10.0 Å². The fourth-order valence-electron chi connectivity index (χ4n) is 3.11. The molecule has 1 aromatic carbocycles. The van der Waals surface area contributed by atoms with Crippen molar-refractivity contribution < 1.29 is 19.3 Å². The van der Waals surface area contributed by atoms with Crippen molar-refractivity contribution in [2.75, 3.05) is 7.11 Å². The molecular formula is C19H17IN3O3S+. The fourth-order valence-corrected chi connectivity index (χ4v) is 4.74. The molecule has 0 aliphatic carbocycles. The van der Waals surface area contributed by atoms with Gasteiger partial charge in [-0.1, -0.05) is 34.7 Å². The number of rotatable bonds is 4. The van der Waals surface area contributed by atoms with Gasteiger partial charge in [0.15, 0.2) is 10.2 Å². The van der Waals surface area contributed by atoms with Crippen LogP contribution in [0.25, 0.3) is 10.6 Å². The molecule has 2 atom stereocenters. The lowest BCUT2D eigenvalue weighted by Gasteiger charge is -2.29. The summed E-state index contributed by atoms with van der Waals surface area (Å²) in [6.07, 6.45) is 3.84. The Morgan fingerprint density at radius 3 is 3.00 bits per heavy atom. The lowest BCUT2D eigenvalue weighted by Crippen LogP contribution is -2.61. The number of hydroxylamine groups is 2. The summed E-state index contributed by atoms with van der Waals surface area (Å²) < 4.78 is 6.49. The molecule has 1 aliphatic rings. The van der Waals surface area contributed by atoms with Crippen LogP contribution in [-0.2, 0) is 6.42 Å². The maximum atomic E-state index is 12.4. The average Bonchev–Trinajstić information content (AvgIpc) is 3.18. The van der Waals surface area contributed by atoms with E-state index in [4.69, 9.17) is 4.74 Å². The number of carbonyl (C=O) groups is 1. The predicted octanol–water partition coefficient (Wildman–Crippen LogP) is 3.50. The molecule has 138 valence electrons. The zero-order chi connectivity index (χ0) is 19.0. The molecule has 8 heteroatoms. The number of alkyl halides is 1. The highest BCUT2D eigenvalue weighted by atomic mass is 127. The van der Waals surface area contributed by atoms with Crippen molar-refractivity contribution in [3.63, 3.8) is 0 Å². The van der Waals surface area contributed by atoms with E-state index in [1.54, 1.807) is 24.5 Å². The Kier molecular flexibility index (Phi) is 5.22. The Balaban J connectivity index is 1.64. The maximum Gasteiger partial charge on any atom is 0.256 e. The first-order chi connectivity index (χ1) is 13.1. The molecule has 4 rings (SSSR count). The predicted molar refractivity (Wildman–Crippen MR) is 109 cm³/mol. The Morgan fingerprint density at radius 2 is 2.19 bits per heavy atom. The van der Waals surface area contributed by atoms with Crippen molar-refractivity contribution in [1.29, 1.82) is 0 Å². The van der Waals surface area contributed by atoms with Gasteiger partial charge in [0, 0.05) is 28.8 Å². The highest BCUT2D eigenvalue weighted by Crippen LogP contribution is 2.31. The van der Waals surface area contributed by atoms with Gasteiger partial charge in [-0.15, -0.1) is 16.4 Å². The van der Waals surface area contributed by atoms with Crippen LogP contribution < -0.4 is 9.30 Å². The fraction of sp³-hybridized carbons (Fsp3) is 0.211. The minimum absolute atomic E-state index is 0.101. The Hall–Kier alpha value is -1.88. The van der Waals surface area contributed by atoms with Crippen molar-refractivity contribution in [2.24, 2.45) is 0 Å². The minimum Gasteiger partial charge on any atom is -0.497 e. The van der Waals surface area contributed by atoms with E-state index < -0.39 is 4.05 Å². The molecule has 0 spiro atoms. The Labute approximate surface area is 174 Å². The van der Waals surface area contributed by atoms with Gasteiger partial charge in [-0.05, 0) is 18.2 Å². The number of ketones is 1. The normalized spacial score (nSPS) is 19.7. The molecule has 3 heterocycles. The van der Waals surface area contributed by atoms with Crippen LogP contribution in [-0.4, -0.2) is 32.2 Å². The second-order valence-corrected chi connectivity index (χ2v) is 8.42. The Bertz CT molecular complexity index is 994. The lowest BCUT2D eigenvalue weighted by molar-refractivity contribution is -0.761. The number of carbonyl (C=O) groups excluding carboxylic acids is 1. The number of fused-ring (bicyclic) bond motifs is 1. The summed E-state index contributed by atoms with van der Waals surface area (Å²) >= 11 is 3.55. The average molecular weight is 494 g/mol. The molecule has 1 N–H and O–H groups in total. The van der Waals surface area contributed by atoms with Crippen LogP contribution >= 0.6 is 33.9 Å². The second kappa shape index (κ2) is 7.63. The van der Waals surface area contributed by atoms with Gasteiger partial charge in [0.05, 0.1) is 13.5 Å². The molecule has 3 aromatic rings. The number of halogens is 1. The zero-order valence-electron chi connectivity index (χ0n) is 14.4. The second-order valence-electron chi connectivity index (χ2n) is 6.12. The number of methoxy groups -OCH3 is 1. The Morgan fingerprint density at radius 1 is 1.33 bits per heavy atom. The summed E-state index contributed by atoms with van der Waals surface area (Å²) in [5, 5.41) is 12.6. The maximum absolute atomic E-state index is 12.4. The van der Waals surface area contributed by atoms with E-state index in [2.05, 4.69) is 4.98 Å². The van der Waals surface area contributed by atoms with E-state index in [1.807, 2.05) is 75.9 Å². The molecule has 27 heavy (non-hydrogen) atoms. The largest absolute Gasteiger partial charge is 0.497 e. The quantitative estimate of drug-likeness (QED) is 0.261. The minimum atomic E-state index is -0.610. The molecule has 0 fully saturated rings. The van der Waals surface area contributed by atoms with Crippen LogP contribution in [0.5, 0.6) is 5.75 Å². The van der Waals surface area contributed by atoms with Crippen LogP contribution in [0.2, 0.25) is 0 Å². The molecule has 0 saturated heterocycles. The number of benzene rings is 1. The number of ether oxygens (including phenoxy) is 1. The van der Waals surface area contributed by atoms with Crippen molar-refractivity contribution in [2.45, 2.75) is 16.6 Å². The number of aromatic nitrogens is 2. The van der Waals surface area contributed by atoms with Gasteiger partial charge >= 0.3 is 0 Å². The van der Waals surface area contributed by atoms with E-state index in [0.717, 1.165) is 26.3 Å². The number of thiazole rings is 1. The SMILES string of the molecule is COc1cccc(-c2ncc(CC3N(O)C(I)C(=O)c4cccc[n+]43)s2)c1. The summed E-state index contributed by atoms with van der Waals surface area (Å²) in [5.74, 6) is 0.685. The lowest BCUT2D eigenvalue weighted by atomic mass is 10.1. The van der Waals surface area contributed by atoms with Crippen molar-refractivity contribution in [3.05, 3.63) is 65.4 Å². The van der Waals surface area contributed by atoms with Gasteiger partial charge in [0.2, 0.25) is 6.17 Å². The summed E-state index contributed by atoms with van der Waals surface area (Å²) in [7, 11) is 1.64. The van der Waals surface area contributed by atoms with Crippen molar-refractivity contribution in [3.8, 4) is 16.3 Å². The molecule has 2 aromatic heterocycles. The summed E-state index contributed by atoms with van der Waals surface area (Å²) in [4.78, 5) is 18.0. The number of Topliss-reactive ketones (excluding diaryl/α,β-unsaturated/α-hetero) is 1. The molecule has 6 nitrogen and oxygen atoms in total. The van der Waals surface area contributed by atoms with Crippen molar-refractivity contribution in [1.82, 2.24) is 10.0 Å². The van der Waals surface area contributed by atoms with Gasteiger partial charge < -0.3 is 9.94 Å². The van der Waals surface area contributed by atoms with E-state index in [0.29, 0.717) is 12.1 Å². The van der Waals surface area contributed by atoms with Gasteiger partial charge in [-0.25, -0.2) is 4.98 Å². The number of hydrogen-bond donors (Lipinski definition) is 1. The number of pyridine rings is 1. The standard InChI is InChI=1S/C19H17IN3O3S/c1-26-13-6-4-5-12(9-13)19-21-11-14(27-19)10-16-22-8-3-2-7-15(22)17(24)18(20)23(16)25/h2-9,11,16,18,25H,10H2,1H3/q+1. The third-order valence-corrected chi connectivity index (χ3v) is 6.68. The van der Waals surface area contributed by atoms with E-state index in [1.165, 1.54) is 0 Å². The molecular weight excluding hydrogens is 477 g/mol. The van der Waals surface area contributed by atoms with Crippen LogP contribution in [0.1, 0.15) is 21.5 Å². The van der Waals surface area contributed by atoms with Gasteiger partial charge in [-0.2, -0.15) is 4.57 Å². The smallest absolute Gasteiger partial charge is 0.256 e. The molecule has 0 saturated carbocycles. The van der Waals surface area contributed by atoms with Gasteiger partial charge in [0.1, 0.15) is 10.8 Å². The van der Waals surface area contributed by atoms with Crippen LogP contribution in [0, 0.1) is 0 Å². The summed E-state index contributed by atoms with van der Waals surface area (Å²) in [6.45, 7) is 0. The highest BCUT2D eigenvalue weighted by molar-refractivity contribution is 14.1. The van der Waals surface area contributed by atoms with E-state index >= 15 is 0 Å². The van der Waals surface area contributed by atoms with E-state index in [-0.39, 0.29) is 11.9 Å². The molecule has 0 bridgehead atoms. The highest BCUT2D eigenvalue weighted by Gasteiger charge is 2.44. The first-order valence-electron chi connectivity index (χ1n) is 8.33.